The first-order valence-corrected chi connectivity index (χ1v) is 15.0. The lowest BCUT2D eigenvalue weighted by Gasteiger charge is -2.15. The molecule has 5 nitrogen and oxygen atoms in total. The molecule has 1 saturated carbocycles. The fraction of sp³-hybridized carbons (Fsp3) is 0.278. The molecule has 0 atom stereocenters. The van der Waals surface area contributed by atoms with Crippen molar-refractivity contribution in [2.45, 2.75) is 58.5 Å². The molecule has 0 spiro atoms. The van der Waals surface area contributed by atoms with Gasteiger partial charge in [0.05, 0.1) is 18.2 Å². The Morgan fingerprint density at radius 1 is 0.932 bits per heavy atom. The van der Waals surface area contributed by atoms with Crippen LogP contribution in [0, 0.1) is 24.4 Å². The Morgan fingerprint density at radius 3 is 2.36 bits per heavy atom. The van der Waals surface area contributed by atoms with Gasteiger partial charge in [0.25, 0.3) is 0 Å². The van der Waals surface area contributed by atoms with Gasteiger partial charge in [-0.05, 0) is 124 Å². The Morgan fingerprint density at radius 2 is 1.66 bits per heavy atom. The quantitative estimate of drug-likeness (QED) is 0.126. The number of aryl methyl sites for hydroxylation is 2. The van der Waals surface area contributed by atoms with Crippen molar-refractivity contribution in [1.82, 2.24) is 9.55 Å². The molecule has 2 aromatic heterocycles. The highest BCUT2D eigenvalue weighted by molar-refractivity contribution is 6.01. The van der Waals surface area contributed by atoms with E-state index in [0.29, 0.717) is 40.6 Å². The van der Waals surface area contributed by atoms with Crippen LogP contribution in [0.5, 0.6) is 5.75 Å². The van der Waals surface area contributed by atoms with Crippen LogP contribution in [0.15, 0.2) is 73.1 Å². The first-order valence-electron chi connectivity index (χ1n) is 15.0. The molecule has 0 unspecified atom stereocenters. The number of aromatic nitrogens is 2. The maximum atomic E-state index is 15.1. The molecule has 0 aliphatic heterocycles. The van der Waals surface area contributed by atoms with Crippen LogP contribution in [0.2, 0.25) is 0 Å². The summed E-state index contributed by atoms with van der Waals surface area (Å²) >= 11 is 0. The van der Waals surface area contributed by atoms with Gasteiger partial charge in [-0.3, -0.25) is 4.98 Å². The minimum absolute atomic E-state index is 0.177. The minimum atomic E-state index is -1.22. The van der Waals surface area contributed by atoms with E-state index >= 15 is 4.39 Å². The summed E-state index contributed by atoms with van der Waals surface area (Å²) in [7, 11) is 0. The zero-order valence-corrected chi connectivity index (χ0v) is 24.7. The van der Waals surface area contributed by atoms with Gasteiger partial charge >= 0.3 is 5.97 Å². The van der Waals surface area contributed by atoms with Gasteiger partial charge in [-0.1, -0.05) is 6.07 Å². The molecule has 2 heterocycles. The molecule has 0 amide bonds. The van der Waals surface area contributed by atoms with E-state index in [9.17, 15) is 13.6 Å². The number of ether oxygens (including phenoxy) is 2. The molecule has 1 aliphatic rings. The number of pyridine rings is 1. The Bertz CT molecular complexity index is 1810. The maximum Gasteiger partial charge on any atom is 0.355 e. The van der Waals surface area contributed by atoms with E-state index < -0.39 is 23.4 Å². The monoisotopic (exact) mass is 598 g/mol. The first kappa shape index (κ1) is 29.5. The molecule has 226 valence electrons. The maximum absolute atomic E-state index is 15.1. The highest BCUT2D eigenvalue weighted by Crippen LogP contribution is 2.37. The summed E-state index contributed by atoms with van der Waals surface area (Å²) in [6.45, 7) is 3.13. The topological polar surface area (TPSA) is 53.3 Å². The zero-order valence-electron chi connectivity index (χ0n) is 24.7. The van der Waals surface area contributed by atoms with Crippen LogP contribution in [0.3, 0.4) is 0 Å². The molecule has 0 bridgehead atoms. The lowest BCUT2D eigenvalue weighted by Crippen LogP contribution is -2.14. The van der Waals surface area contributed by atoms with Crippen molar-refractivity contribution in [2.24, 2.45) is 0 Å². The third-order valence-electron chi connectivity index (χ3n) is 8.35. The number of carbonyl (C=O) groups is 1. The van der Waals surface area contributed by atoms with E-state index in [1.807, 2.05) is 41.0 Å². The van der Waals surface area contributed by atoms with E-state index in [1.54, 1.807) is 37.5 Å². The number of esters is 1. The van der Waals surface area contributed by atoms with E-state index in [4.69, 9.17) is 9.47 Å². The van der Waals surface area contributed by atoms with Crippen molar-refractivity contribution in [2.75, 3.05) is 6.61 Å². The number of nitrogens with zero attached hydrogens (tertiary/aromatic N) is 2. The summed E-state index contributed by atoms with van der Waals surface area (Å²) < 4.78 is 57.8. The average Bonchev–Trinajstić information content (AvgIpc) is 3.67. The van der Waals surface area contributed by atoms with Crippen LogP contribution >= 0.6 is 0 Å². The van der Waals surface area contributed by atoms with Crippen molar-refractivity contribution >= 4 is 16.9 Å². The van der Waals surface area contributed by atoms with E-state index in [-0.39, 0.29) is 23.8 Å². The molecule has 0 radical (unpaired) electrons. The predicted molar refractivity (Wildman–Crippen MR) is 164 cm³/mol. The zero-order chi connectivity index (χ0) is 30.8. The Kier molecular flexibility index (Phi) is 8.42. The standard InChI is InChI=1S/C36H33F3N2O3/c1-3-43-36(42)35-28(14-8-23-16-18-40-19-17-23)30-20-24(29-21-31(37)22(2)33(38)34(29)39)9-15-32(30)41(35)25-10-12-27(13-11-25)44-26-6-4-5-7-26/h9-13,15-21,26H,3-8,14H2,1-2H3. The molecule has 3 aromatic carbocycles. The van der Waals surface area contributed by atoms with Crippen LogP contribution in [-0.2, 0) is 17.6 Å². The van der Waals surface area contributed by atoms with Crippen LogP contribution in [-0.4, -0.2) is 28.2 Å². The molecule has 44 heavy (non-hydrogen) atoms. The number of rotatable bonds is 9. The van der Waals surface area contributed by atoms with Crippen molar-refractivity contribution in [3.05, 3.63) is 113 Å². The van der Waals surface area contributed by atoms with Crippen LogP contribution in [0.4, 0.5) is 13.2 Å². The fourth-order valence-electron chi connectivity index (χ4n) is 6.05. The van der Waals surface area contributed by atoms with Gasteiger partial charge in [-0.15, -0.1) is 0 Å². The highest BCUT2D eigenvalue weighted by atomic mass is 19.2. The van der Waals surface area contributed by atoms with Gasteiger partial charge in [-0.25, -0.2) is 18.0 Å². The van der Waals surface area contributed by atoms with Crippen LogP contribution < -0.4 is 4.74 Å². The molecule has 5 aromatic rings. The largest absolute Gasteiger partial charge is 0.490 e. The van der Waals surface area contributed by atoms with Gasteiger partial charge in [0.1, 0.15) is 17.3 Å². The molecule has 1 fully saturated rings. The Hall–Kier alpha value is -4.59. The average molecular weight is 599 g/mol. The summed E-state index contributed by atoms with van der Waals surface area (Å²) in [5.74, 6) is -2.91. The van der Waals surface area contributed by atoms with E-state index in [0.717, 1.165) is 48.8 Å². The van der Waals surface area contributed by atoms with Gasteiger partial charge in [-0.2, -0.15) is 0 Å². The fourth-order valence-corrected chi connectivity index (χ4v) is 6.05. The molecular weight excluding hydrogens is 565 g/mol. The third-order valence-corrected chi connectivity index (χ3v) is 8.35. The summed E-state index contributed by atoms with van der Waals surface area (Å²) in [6, 6.07) is 17.5. The summed E-state index contributed by atoms with van der Waals surface area (Å²) in [5.41, 5.74) is 3.20. The Balaban J connectivity index is 1.53. The van der Waals surface area contributed by atoms with Crippen molar-refractivity contribution in [1.29, 1.82) is 0 Å². The number of hydrogen-bond acceptors (Lipinski definition) is 4. The third kappa shape index (κ3) is 5.68. The lowest BCUT2D eigenvalue weighted by molar-refractivity contribution is 0.0516. The number of halogens is 3. The predicted octanol–water partition coefficient (Wildman–Crippen LogP) is 8.70. The molecule has 6 rings (SSSR count). The Labute approximate surface area is 254 Å². The smallest absolute Gasteiger partial charge is 0.355 e. The van der Waals surface area contributed by atoms with Crippen molar-refractivity contribution in [3.63, 3.8) is 0 Å². The van der Waals surface area contributed by atoms with Crippen LogP contribution in [0.25, 0.3) is 27.7 Å². The number of fused-ring (bicyclic) bond motifs is 1. The second kappa shape index (κ2) is 12.6. The number of hydrogen-bond donors (Lipinski definition) is 0. The second-order valence-corrected chi connectivity index (χ2v) is 11.1. The van der Waals surface area contributed by atoms with Gasteiger partial charge in [0.2, 0.25) is 0 Å². The van der Waals surface area contributed by atoms with Crippen molar-refractivity contribution < 1.29 is 27.4 Å². The van der Waals surface area contributed by atoms with Crippen LogP contribution in [0.1, 0.15) is 59.8 Å². The first-order chi connectivity index (χ1) is 21.4. The minimum Gasteiger partial charge on any atom is -0.490 e. The summed E-state index contributed by atoms with van der Waals surface area (Å²) in [6.07, 6.45) is 9.07. The van der Waals surface area contributed by atoms with E-state index in [1.165, 1.54) is 6.92 Å². The SMILES string of the molecule is CCOC(=O)c1c(CCc2ccncc2)c2cc(-c3cc(F)c(C)c(F)c3F)ccc2n1-c1ccc(OC2CCCC2)cc1. The highest BCUT2D eigenvalue weighted by Gasteiger charge is 2.26. The summed E-state index contributed by atoms with van der Waals surface area (Å²) in [4.78, 5) is 17.7. The van der Waals surface area contributed by atoms with Gasteiger partial charge in [0, 0.05) is 34.6 Å². The number of carbonyl (C=O) groups excluding carboxylic acids is 1. The van der Waals surface area contributed by atoms with E-state index in [2.05, 4.69) is 4.98 Å². The molecule has 1 aliphatic carbocycles. The normalized spacial score (nSPS) is 13.5. The number of benzene rings is 3. The molecule has 8 heteroatoms. The molecular formula is C36H33F3N2O3. The molecule has 0 saturated heterocycles. The summed E-state index contributed by atoms with van der Waals surface area (Å²) in [5, 5.41) is 0.659. The van der Waals surface area contributed by atoms with Gasteiger partial charge in [0.15, 0.2) is 11.6 Å². The lowest BCUT2D eigenvalue weighted by atomic mass is 9.97. The second-order valence-electron chi connectivity index (χ2n) is 11.1. The van der Waals surface area contributed by atoms with Crippen molar-refractivity contribution in [3.8, 4) is 22.6 Å². The van der Waals surface area contributed by atoms with Gasteiger partial charge < -0.3 is 14.0 Å². The molecule has 0 N–H and O–H groups in total.